The molecule has 34 heavy (non-hydrogen) atoms. The van der Waals surface area contributed by atoms with E-state index in [9.17, 15) is 22.8 Å². The fourth-order valence-electron chi connectivity index (χ4n) is 2.55. The average molecular weight is 594 g/mol. The van der Waals surface area contributed by atoms with Gasteiger partial charge in [-0.1, -0.05) is 5.16 Å². The van der Waals surface area contributed by atoms with Crippen LogP contribution in [0.5, 0.6) is 0 Å². The molecule has 0 aliphatic rings. The highest BCUT2D eigenvalue weighted by Gasteiger charge is 2.23. The van der Waals surface area contributed by atoms with Crippen LogP contribution in [0.3, 0.4) is 0 Å². The molecule has 0 heterocycles. The van der Waals surface area contributed by atoms with E-state index >= 15 is 0 Å². The number of rotatable bonds is 12. The highest BCUT2D eigenvalue weighted by Crippen LogP contribution is 2.30. The maximum absolute atomic E-state index is 15.0. The molecule has 2 rings (SSSR count). The number of hydroxylamine groups is 1. The molecule has 0 atom stereocenters. The number of carbonyl (C=O) groups excluding carboxylic acids is 2. The van der Waals surface area contributed by atoms with Crippen LogP contribution in [0.1, 0.15) is 28.8 Å². The lowest BCUT2D eigenvalue weighted by Gasteiger charge is -2.15. The molecule has 0 saturated heterocycles. The Balaban J connectivity index is 2.31. The number of halogens is 4. The molecule has 0 bridgehead atoms. The summed E-state index contributed by atoms with van der Waals surface area (Å²) in [6, 6.07) is 4.98. The number of hydrogen-bond acceptors (Lipinski definition) is 7. The van der Waals surface area contributed by atoms with Gasteiger partial charge in [0.1, 0.15) is 12.4 Å². The first-order chi connectivity index (χ1) is 16.3. The van der Waals surface area contributed by atoms with E-state index in [2.05, 4.69) is 15.8 Å². The predicted molar refractivity (Wildman–Crippen MR) is 126 cm³/mol. The molecule has 9 nitrogen and oxygen atoms in total. The van der Waals surface area contributed by atoms with E-state index in [1.807, 2.05) is 28.1 Å². The van der Waals surface area contributed by atoms with Gasteiger partial charge in [0, 0.05) is 22.6 Å². The first-order valence-corrected chi connectivity index (χ1v) is 11.0. The Morgan fingerprint density at radius 1 is 1.18 bits per heavy atom. The second kappa shape index (κ2) is 13.7. The molecule has 0 aliphatic heterocycles. The molecule has 0 fully saturated rings. The van der Waals surface area contributed by atoms with Crippen molar-refractivity contribution in [3.8, 4) is 0 Å². The Bertz CT molecular complexity index is 1060. The number of anilines is 2. The molecule has 0 aliphatic carbocycles. The van der Waals surface area contributed by atoms with Crippen molar-refractivity contribution in [3.63, 3.8) is 0 Å². The Morgan fingerprint density at radius 3 is 2.62 bits per heavy atom. The third kappa shape index (κ3) is 7.85. The number of aliphatic hydroxyl groups is 1. The zero-order chi connectivity index (χ0) is 25.1. The third-order valence-corrected chi connectivity index (χ3v) is 4.88. The minimum absolute atomic E-state index is 0.0437. The Labute approximate surface area is 206 Å². The minimum atomic E-state index is -1.46. The molecule has 0 spiro atoms. The normalized spacial score (nSPS) is 10.9. The van der Waals surface area contributed by atoms with E-state index in [-0.39, 0.29) is 31.2 Å². The average Bonchev–Trinajstić information content (AvgIpc) is 2.81. The smallest absolute Gasteiger partial charge is 0.277 e. The van der Waals surface area contributed by atoms with Crippen molar-refractivity contribution in [2.75, 3.05) is 32.2 Å². The van der Waals surface area contributed by atoms with Gasteiger partial charge >= 0.3 is 0 Å². The molecule has 0 saturated carbocycles. The molecule has 0 radical (unpaired) electrons. The number of carbonyl (C=O) groups is 2. The van der Waals surface area contributed by atoms with Gasteiger partial charge in [-0.3, -0.25) is 14.4 Å². The van der Waals surface area contributed by atoms with Crippen molar-refractivity contribution in [3.05, 3.63) is 56.4 Å². The molecule has 184 valence electrons. The van der Waals surface area contributed by atoms with Gasteiger partial charge in [-0.2, -0.15) is 0 Å². The van der Waals surface area contributed by atoms with Crippen LogP contribution in [0, 0.1) is 21.0 Å². The van der Waals surface area contributed by atoms with Crippen molar-refractivity contribution >= 4 is 52.0 Å². The Hall–Kier alpha value is -2.91. The van der Waals surface area contributed by atoms with Crippen molar-refractivity contribution in [1.29, 1.82) is 0 Å². The third-order valence-electron chi connectivity index (χ3n) is 4.21. The lowest BCUT2D eigenvalue weighted by Crippen LogP contribution is -2.26. The van der Waals surface area contributed by atoms with Crippen LogP contribution in [-0.2, 0) is 14.5 Å². The summed E-state index contributed by atoms with van der Waals surface area (Å²) in [4.78, 5) is 33.4. The first-order valence-electron chi connectivity index (χ1n) is 9.91. The van der Waals surface area contributed by atoms with Crippen LogP contribution in [-0.4, -0.2) is 50.0 Å². The van der Waals surface area contributed by atoms with Gasteiger partial charge in [-0.15, -0.1) is 0 Å². The number of nitrogens with one attached hydrogen (secondary N) is 3. The largest absolute Gasteiger partial charge is 0.396 e. The lowest BCUT2D eigenvalue weighted by atomic mass is 10.1. The van der Waals surface area contributed by atoms with Crippen LogP contribution in [0.25, 0.3) is 0 Å². The fourth-order valence-corrected chi connectivity index (χ4v) is 3.01. The summed E-state index contributed by atoms with van der Waals surface area (Å²) >= 11 is 1.88. The Kier molecular flexibility index (Phi) is 11.0. The molecular weight excluding hydrogens is 572 g/mol. The maximum atomic E-state index is 15.0. The van der Waals surface area contributed by atoms with Gasteiger partial charge in [0.2, 0.25) is 5.91 Å². The zero-order valence-corrected chi connectivity index (χ0v) is 20.1. The number of oxime groups is 1. The second-order valence-electron chi connectivity index (χ2n) is 6.61. The zero-order valence-electron chi connectivity index (χ0n) is 18.0. The summed E-state index contributed by atoms with van der Waals surface area (Å²) in [6.45, 7) is -0.601. The molecular formula is C21H22F3IN4O5. The summed E-state index contributed by atoms with van der Waals surface area (Å²) < 4.78 is 44.5. The maximum Gasteiger partial charge on any atom is 0.277 e. The van der Waals surface area contributed by atoms with Gasteiger partial charge in [0.25, 0.3) is 5.91 Å². The fraction of sp³-hybridized carbons (Fsp3) is 0.286. The van der Waals surface area contributed by atoms with Crippen molar-refractivity contribution < 1.29 is 37.5 Å². The van der Waals surface area contributed by atoms with Crippen LogP contribution in [0.2, 0.25) is 0 Å². The number of hydrogen-bond donors (Lipinski definition) is 4. The molecule has 2 aromatic carbocycles. The quantitative estimate of drug-likeness (QED) is 0.130. The highest BCUT2D eigenvalue weighted by molar-refractivity contribution is 14.1. The molecule has 13 heteroatoms. The number of aliphatic hydroxyl groups excluding tert-OH is 1. The van der Waals surface area contributed by atoms with Gasteiger partial charge in [0.05, 0.1) is 36.4 Å². The molecule has 4 N–H and O–H groups in total. The van der Waals surface area contributed by atoms with E-state index in [1.54, 1.807) is 0 Å². The van der Waals surface area contributed by atoms with Gasteiger partial charge in [-0.25, -0.2) is 18.7 Å². The van der Waals surface area contributed by atoms with Crippen molar-refractivity contribution in [2.24, 2.45) is 5.16 Å². The SMILES string of the molecule is CNC(=O)CCCO/N=C\c1cc(C(=O)NOCCO)c(Nc2ccc(I)cc2F)c(F)c1F. The molecule has 2 aromatic rings. The predicted octanol–water partition coefficient (Wildman–Crippen LogP) is 2.98. The van der Waals surface area contributed by atoms with Crippen molar-refractivity contribution in [1.82, 2.24) is 10.8 Å². The minimum Gasteiger partial charge on any atom is -0.396 e. The summed E-state index contributed by atoms with van der Waals surface area (Å²) in [5, 5.41) is 17.2. The van der Waals surface area contributed by atoms with Crippen LogP contribution < -0.4 is 16.1 Å². The molecule has 0 unspecified atom stereocenters. The topological polar surface area (TPSA) is 121 Å². The molecule has 0 aromatic heterocycles. The van der Waals surface area contributed by atoms with E-state index < -0.39 is 46.8 Å². The first kappa shape index (κ1) is 27.3. The van der Waals surface area contributed by atoms with Gasteiger partial charge in [-0.05, 0) is 53.3 Å². The van der Waals surface area contributed by atoms with E-state index in [4.69, 9.17) is 14.8 Å². The van der Waals surface area contributed by atoms with Crippen LogP contribution >= 0.6 is 22.6 Å². The monoisotopic (exact) mass is 594 g/mol. The molecule has 2 amide bonds. The Morgan fingerprint density at radius 2 is 1.94 bits per heavy atom. The summed E-state index contributed by atoms with van der Waals surface area (Å²) in [5.74, 6) is -4.74. The second-order valence-corrected chi connectivity index (χ2v) is 7.86. The van der Waals surface area contributed by atoms with Crippen LogP contribution in [0.4, 0.5) is 24.5 Å². The van der Waals surface area contributed by atoms with Crippen molar-refractivity contribution in [2.45, 2.75) is 12.8 Å². The van der Waals surface area contributed by atoms with Crippen LogP contribution in [0.15, 0.2) is 29.4 Å². The lowest BCUT2D eigenvalue weighted by molar-refractivity contribution is -0.120. The highest BCUT2D eigenvalue weighted by atomic mass is 127. The van der Waals surface area contributed by atoms with E-state index in [0.29, 0.717) is 9.99 Å². The summed E-state index contributed by atoms with van der Waals surface area (Å²) in [7, 11) is 1.49. The standard InChI is InChI=1S/C21H22F3IN4O5/c1-26-17(31)3-2-7-33-27-11-12-9-14(21(32)29-34-8-6-30)20(19(24)18(12)23)28-16-5-4-13(25)10-15(16)22/h4-5,9-11,28,30H,2-3,6-8H2,1H3,(H,26,31)(H,29,32)/b27-11-. The van der Waals surface area contributed by atoms with Gasteiger partial charge < -0.3 is 20.6 Å². The van der Waals surface area contributed by atoms with E-state index in [0.717, 1.165) is 12.3 Å². The number of benzene rings is 2. The van der Waals surface area contributed by atoms with E-state index in [1.165, 1.54) is 25.2 Å². The summed E-state index contributed by atoms with van der Waals surface area (Å²) in [6.07, 6.45) is 1.40. The number of nitrogens with zero attached hydrogens (tertiary/aromatic N) is 1. The van der Waals surface area contributed by atoms with Gasteiger partial charge in [0.15, 0.2) is 11.6 Å². The number of amides is 2. The summed E-state index contributed by atoms with van der Waals surface area (Å²) in [5.41, 5.74) is 0.318.